The van der Waals surface area contributed by atoms with E-state index < -0.39 is 0 Å². The van der Waals surface area contributed by atoms with E-state index in [-0.39, 0.29) is 6.04 Å². The van der Waals surface area contributed by atoms with Gasteiger partial charge in [0.2, 0.25) is 0 Å². The highest BCUT2D eigenvalue weighted by atomic mass is 15.3. The summed E-state index contributed by atoms with van der Waals surface area (Å²) in [6.45, 7) is 0. The Kier molecular flexibility index (Phi) is 3.28. The summed E-state index contributed by atoms with van der Waals surface area (Å²) in [7, 11) is 5.97. The number of likely N-dealkylation sites (N-methyl/N-ethyl adjacent to an activating group) is 1. The molecule has 0 saturated carbocycles. The molecule has 0 amide bonds. The van der Waals surface area contributed by atoms with Crippen LogP contribution in [0.1, 0.15) is 17.6 Å². The maximum Gasteiger partial charge on any atom is 0.110 e. The van der Waals surface area contributed by atoms with Crippen LogP contribution in [0.3, 0.4) is 0 Å². The summed E-state index contributed by atoms with van der Waals surface area (Å²) < 4.78 is 3.99. The number of benzene rings is 1. The van der Waals surface area contributed by atoms with Gasteiger partial charge in [0.1, 0.15) is 5.82 Å². The van der Waals surface area contributed by atoms with Crippen LogP contribution in [0.5, 0.6) is 0 Å². The molecule has 2 aromatic heterocycles. The molecule has 3 rings (SSSR count). The summed E-state index contributed by atoms with van der Waals surface area (Å²) in [6.07, 6.45) is 4.62. The average Bonchev–Trinajstić information content (AvgIpc) is 3.01. The smallest absolute Gasteiger partial charge is 0.110 e. The normalized spacial score (nSPS) is 12.9. The van der Waals surface area contributed by atoms with Gasteiger partial charge in [0, 0.05) is 38.3 Å². The van der Waals surface area contributed by atoms with Crippen LogP contribution < -0.4 is 5.32 Å². The van der Waals surface area contributed by atoms with Crippen molar-refractivity contribution in [3.63, 3.8) is 0 Å². The zero-order valence-corrected chi connectivity index (χ0v) is 12.0. The third-order valence-corrected chi connectivity index (χ3v) is 3.77. The number of imidazole rings is 1. The summed E-state index contributed by atoms with van der Waals surface area (Å²) in [4.78, 5) is 4.40. The molecule has 0 aliphatic rings. The maximum absolute atomic E-state index is 4.69. The van der Waals surface area contributed by atoms with Gasteiger partial charge in [-0.3, -0.25) is 4.68 Å². The standard InChI is InChI=1S/C15H19N5/c1-16-12(10-14-17-8-9-19(14)2)15-11-6-4-5-7-13(11)20(3)18-15/h4-9,12,16H,10H2,1-3H3. The van der Waals surface area contributed by atoms with Crippen LogP contribution in [0.4, 0.5) is 0 Å². The van der Waals surface area contributed by atoms with E-state index in [0.29, 0.717) is 0 Å². The number of hydrogen-bond donors (Lipinski definition) is 1. The Morgan fingerprint density at radius 1 is 1.25 bits per heavy atom. The molecule has 1 atom stereocenters. The first kappa shape index (κ1) is 12.9. The van der Waals surface area contributed by atoms with E-state index in [2.05, 4.69) is 38.2 Å². The lowest BCUT2D eigenvalue weighted by atomic mass is 10.1. The third kappa shape index (κ3) is 2.10. The fourth-order valence-corrected chi connectivity index (χ4v) is 2.61. The van der Waals surface area contributed by atoms with Gasteiger partial charge >= 0.3 is 0 Å². The van der Waals surface area contributed by atoms with Gasteiger partial charge in [-0.2, -0.15) is 5.10 Å². The molecular weight excluding hydrogens is 250 g/mol. The molecule has 0 radical (unpaired) electrons. The van der Waals surface area contributed by atoms with Crippen LogP contribution >= 0.6 is 0 Å². The fraction of sp³-hybridized carbons (Fsp3) is 0.333. The Balaban J connectivity index is 2.01. The van der Waals surface area contributed by atoms with Gasteiger partial charge in [-0.15, -0.1) is 0 Å². The molecule has 1 aromatic carbocycles. The highest BCUT2D eigenvalue weighted by molar-refractivity contribution is 5.82. The molecule has 1 unspecified atom stereocenters. The molecule has 20 heavy (non-hydrogen) atoms. The first-order chi connectivity index (χ1) is 9.70. The molecule has 0 spiro atoms. The van der Waals surface area contributed by atoms with Gasteiger partial charge in [-0.05, 0) is 13.1 Å². The summed E-state index contributed by atoms with van der Waals surface area (Å²) >= 11 is 0. The Bertz CT molecular complexity index is 725. The van der Waals surface area contributed by atoms with Crippen molar-refractivity contribution in [2.45, 2.75) is 12.5 Å². The molecule has 0 bridgehead atoms. The molecule has 1 N–H and O–H groups in total. The zero-order chi connectivity index (χ0) is 14.1. The third-order valence-electron chi connectivity index (χ3n) is 3.77. The lowest BCUT2D eigenvalue weighted by Gasteiger charge is -2.14. The van der Waals surface area contributed by atoms with Crippen LogP contribution in [-0.4, -0.2) is 26.4 Å². The minimum atomic E-state index is 0.155. The van der Waals surface area contributed by atoms with E-state index in [1.807, 2.05) is 44.3 Å². The summed E-state index contributed by atoms with van der Waals surface area (Å²) in [5.41, 5.74) is 2.23. The number of hydrogen-bond acceptors (Lipinski definition) is 3. The fourth-order valence-electron chi connectivity index (χ4n) is 2.61. The molecule has 5 heteroatoms. The molecule has 5 nitrogen and oxygen atoms in total. The van der Waals surface area contributed by atoms with Gasteiger partial charge in [0.15, 0.2) is 0 Å². The van der Waals surface area contributed by atoms with Crippen molar-refractivity contribution in [3.8, 4) is 0 Å². The van der Waals surface area contributed by atoms with Crippen molar-refractivity contribution in [2.24, 2.45) is 14.1 Å². The first-order valence-electron chi connectivity index (χ1n) is 6.76. The molecule has 0 aliphatic heterocycles. The molecule has 3 aromatic rings. The number of nitrogens with one attached hydrogen (secondary N) is 1. The van der Waals surface area contributed by atoms with Crippen LogP contribution in [0, 0.1) is 0 Å². The monoisotopic (exact) mass is 269 g/mol. The van der Waals surface area contributed by atoms with Gasteiger partial charge in [0.05, 0.1) is 17.3 Å². The Morgan fingerprint density at radius 2 is 2.05 bits per heavy atom. The van der Waals surface area contributed by atoms with Crippen LogP contribution in [0.25, 0.3) is 10.9 Å². The average molecular weight is 269 g/mol. The number of nitrogens with zero attached hydrogens (tertiary/aromatic N) is 4. The van der Waals surface area contributed by atoms with E-state index in [0.717, 1.165) is 23.5 Å². The molecule has 0 aliphatic carbocycles. The Morgan fingerprint density at radius 3 is 2.75 bits per heavy atom. The van der Waals surface area contributed by atoms with E-state index >= 15 is 0 Å². The summed E-state index contributed by atoms with van der Waals surface area (Å²) in [6, 6.07) is 8.48. The van der Waals surface area contributed by atoms with Gasteiger partial charge in [-0.25, -0.2) is 4.98 Å². The van der Waals surface area contributed by atoms with E-state index in [4.69, 9.17) is 0 Å². The van der Waals surface area contributed by atoms with Crippen LogP contribution in [0.2, 0.25) is 0 Å². The lowest BCUT2D eigenvalue weighted by Crippen LogP contribution is -2.21. The lowest BCUT2D eigenvalue weighted by molar-refractivity contribution is 0.544. The highest BCUT2D eigenvalue weighted by Crippen LogP contribution is 2.25. The van der Waals surface area contributed by atoms with E-state index in [1.165, 1.54) is 5.39 Å². The number of rotatable bonds is 4. The number of fused-ring (bicyclic) bond motifs is 1. The van der Waals surface area contributed by atoms with Crippen molar-refractivity contribution < 1.29 is 0 Å². The topological polar surface area (TPSA) is 47.7 Å². The van der Waals surface area contributed by atoms with Crippen molar-refractivity contribution in [3.05, 3.63) is 48.2 Å². The molecule has 0 fully saturated rings. The number of aryl methyl sites for hydroxylation is 2. The second kappa shape index (κ2) is 5.09. The minimum absolute atomic E-state index is 0.155. The predicted molar refractivity (Wildman–Crippen MR) is 79.4 cm³/mol. The maximum atomic E-state index is 4.69. The van der Waals surface area contributed by atoms with Gasteiger partial charge in [-0.1, -0.05) is 18.2 Å². The zero-order valence-electron chi connectivity index (χ0n) is 12.0. The van der Waals surface area contributed by atoms with Crippen molar-refractivity contribution in [1.82, 2.24) is 24.6 Å². The summed E-state index contributed by atoms with van der Waals surface area (Å²) in [5, 5.41) is 9.25. The summed E-state index contributed by atoms with van der Waals surface area (Å²) in [5.74, 6) is 1.05. The predicted octanol–water partition coefficient (Wildman–Crippen LogP) is 1.81. The SMILES string of the molecule is CNC(Cc1nccn1C)c1nn(C)c2ccccc12. The van der Waals surface area contributed by atoms with Crippen molar-refractivity contribution in [1.29, 1.82) is 0 Å². The largest absolute Gasteiger partial charge is 0.338 e. The molecule has 104 valence electrons. The first-order valence-corrected chi connectivity index (χ1v) is 6.76. The van der Waals surface area contributed by atoms with Crippen LogP contribution in [-0.2, 0) is 20.5 Å². The number of para-hydroxylation sites is 1. The van der Waals surface area contributed by atoms with Gasteiger partial charge in [0.25, 0.3) is 0 Å². The molecule has 2 heterocycles. The Labute approximate surface area is 118 Å². The second-order valence-corrected chi connectivity index (χ2v) is 5.03. The Hall–Kier alpha value is -2.14. The van der Waals surface area contributed by atoms with E-state index in [1.54, 1.807) is 0 Å². The quantitative estimate of drug-likeness (QED) is 0.786. The second-order valence-electron chi connectivity index (χ2n) is 5.03. The van der Waals surface area contributed by atoms with Crippen molar-refractivity contribution >= 4 is 10.9 Å². The van der Waals surface area contributed by atoms with Gasteiger partial charge < -0.3 is 9.88 Å². The van der Waals surface area contributed by atoms with Crippen molar-refractivity contribution in [2.75, 3.05) is 7.05 Å². The highest BCUT2D eigenvalue weighted by Gasteiger charge is 2.19. The minimum Gasteiger partial charge on any atom is -0.338 e. The van der Waals surface area contributed by atoms with Crippen LogP contribution in [0.15, 0.2) is 36.7 Å². The van der Waals surface area contributed by atoms with E-state index in [9.17, 15) is 0 Å². The molecular formula is C15H19N5. The molecule has 0 saturated heterocycles. The number of aromatic nitrogens is 4.